The molecule has 0 saturated carbocycles. The van der Waals surface area contributed by atoms with Crippen LogP contribution in [-0.2, 0) is 9.59 Å². The van der Waals surface area contributed by atoms with Gasteiger partial charge in [0.05, 0.1) is 33.5 Å². The van der Waals surface area contributed by atoms with Gasteiger partial charge in [0.2, 0.25) is 5.91 Å². The SMILES string of the molecule is O=C(O)C1CCN(C(=O)C[C@@H]2CCCN2c2cc(-n3ccnc3)c3ccc(Cl)c(Cl)c3n2)C1. The van der Waals surface area contributed by atoms with Crippen LogP contribution >= 0.6 is 23.2 Å². The number of rotatable bonds is 5. The van der Waals surface area contributed by atoms with Gasteiger partial charge in [-0.25, -0.2) is 9.97 Å². The molecule has 2 saturated heterocycles. The third-order valence-electron chi connectivity index (χ3n) is 6.59. The Hall–Kier alpha value is -2.84. The topological polar surface area (TPSA) is 91.6 Å². The largest absolute Gasteiger partial charge is 0.481 e. The molecule has 2 fully saturated rings. The molecule has 2 atom stereocenters. The zero-order valence-corrected chi connectivity index (χ0v) is 19.3. The molecule has 1 aromatic carbocycles. The van der Waals surface area contributed by atoms with Gasteiger partial charge < -0.3 is 19.5 Å². The summed E-state index contributed by atoms with van der Waals surface area (Å²) in [5, 5.41) is 10.9. The van der Waals surface area contributed by atoms with Crippen molar-refractivity contribution in [1.82, 2.24) is 19.4 Å². The van der Waals surface area contributed by atoms with E-state index in [-0.39, 0.29) is 18.5 Å². The number of hydrogen-bond donors (Lipinski definition) is 1. The molecule has 172 valence electrons. The van der Waals surface area contributed by atoms with Crippen LogP contribution in [0.5, 0.6) is 0 Å². The van der Waals surface area contributed by atoms with E-state index >= 15 is 0 Å². The fourth-order valence-corrected chi connectivity index (χ4v) is 5.19. The first kappa shape index (κ1) is 22.0. The molecule has 10 heteroatoms. The van der Waals surface area contributed by atoms with Crippen molar-refractivity contribution in [2.24, 2.45) is 5.92 Å². The van der Waals surface area contributed by atoms with E-state index in [1.165, 1.54) is 0 Å². The van der Waals surface area contributed by atoms with Crippen molar-refractivity contribution in [3.8, 4) is 5.69 Å². The van der Waals surface area contributed by atoms with Gasteiger partial charge in [-0.3, -0.25) is 9.59 Å². The number of likely N-dealkylation sites (tertiary alicyclic amines) is 1. The quantitative estimate of drug-likeness (QED) is 0.584. The van der Waals surface area contributed by atoms with Crippen molar-refractivity contribution in [3.05, 3.63) is 47.0 Å². The van der Waals surface area contributed by atoms with Gasteiger partial charge in [0.15, 0.2) is 0 Å². The van der Waals surface area contributed by atoms with Gasteiger partial charge in [-0.2, -0.15) is 0 Å². The maximum absolute atomic E-state index is 12.9. The molecule has 1 amide bonds. The second-order valence-corrected chi connectivity index (χ2v) is 9.37. The molecule has 1 N–H and O–H groups in total. The lowest BCUT2D eigenvalue weighted by molar-refractivity contribution is -0.141. The molecule has 2 aromatic heterocycles. The molecule has 2 aliphatic heterocycles. The van der Waals surface area contributed by atoms with Crippen LogP contribution in [0.2, 0.25) is 10.0 Å². The Balaban J connectivity index is 1.46. The summed E-state index contributed by atoms with van der Waals surface area (Å²) in [6, 6.07) is 5.63. The molecular formula is C23H23Cl2N5O3. The number of aliphatic carboxylic acids is 1. The summed E-state index contributed by atoms with van der Waals surface area (Å²) in [4.78, 5) is 37.1. The number of fused-ring (bicyclic) bond motifs is 1. The van der Waals surface area contributed by atoms with Crippen LogP contribution in [0.25, 0.3) is 16.6 Å². The van der Waals surface area contributed by atoms with Crippen LogP contribution < -0.4 is 4.90 Å². The number of benzene rings is 1. The summed E-state index contributed by atoms with van der Waals surface area (Å²) < 4.78 is 1.91. The van der Waals surface area contributed by atoms with Crippen LogP contribution in [0.3, 0.4) is 0 Å². The lowest BCUT2D eigenvalue weighted by Gasteiger charge is -2.28. The Morgan fingerprint density at radius 2 is 2.03 bits per heavy atom. The second-order valence-electron chi connectivity index (χ2n) is 8.58. The summed E-state index contributed by atoms with van der Waals surface area (Å²) in [6.07, 6.45) is 7.94. The van der Waals surface area contributed by atoms with Crippen molar-refractivity contribution >= 4 is 51.8 Å². The van der Waals surface area contributed by atoms with Gasteiger partial charge >= 0.3 is 5.97 Å². The number of carboxylic acid groups (broad SMARTS) is 1. The van der Waals surface area contributed by atoms with Crippen LogP contribution in [0.1, 0.15) is 25.7 Å². The molecular weight excluding hydrogens is 465 g/mol. The molecule has 0 spiro atoms. The lowest BCUT2D eigenvalue weighted by Crippen LogP contribution is -2.37. The highest BCUT2D eigenvalue weighted by atomic mass is 35.5. The number of imidazole rings is 1. The molecule has 33 heavy (non-hydrogen) atoms. The Bertz CT molecular complexity index is 1220. The number of aromatic nitrogens is 3. The molecule has 3 aromatic rings. The van der Waals surface area contributed by atoms with E-state index in [9.17, 15) is 14.7 Å². The van der Waals surface area contributed by atoms with Gasteiger partial charge in [0.1, 0.15) is 5.82 Å². The van der Waals surface area contributed by atoms with Crippen LogP contribution in [0.4, 0.5) is 5.82 Å². The molecule has 4 heterocycles. The summed E-state index contributed by atoms with van der Waals surface area (Å²) in [6.45, 7) is 1.55. The van der Waals surface area contributed by atoms with Crippen molar-refractivity contribution in [3.63, 3.8) is 0 Å². The van der Waals surface area contributed by atoms with E-state index in [2.05, 4.69) is 9.88 Å². The maximum Gasteiger partial charge on any atom is 0.308 e. The van der Waals surface area contributed by atoms with E-state index in [1.807, 2.05) is 22.9 Å². The molecule has 1 unspecified atom stereocenters. The minimum absolute atomic E-state index is 0.00708. The number of halogens is 2. The standard InChI is InChI=1S/C23H23Cl2N5O3/c24-17-4-3-16-18(29-9-6-26-13-29)11-19(27-22(16)21(17)25)30-7-1-2-15(30)10-20(31)28-8-5-14(12-28)23(32)33/h3-4,6,9,11,13-15H,1-2,5,7-8,10,12H2,(H,32,33)/t14?,15-/m0/s1. The number of amides is 1. The van der Waals surface area contributed by atoms with E-state index in [0.29, 0.717) is 34.9 Å². The minimum atomic E-state index is -0.837. The molecule has 0 bridgehead atoms. The lowest BCUT2D eigenvalue weighted by atomic mass is 10.1. The molecule has 0 aliphatic carbocycles. The Morgan fingerprint density at radius 1 is 1.18 bits per heavy atom. The molecule has 2 aliphatic rings. The van der Waals surface area contributed by atoms with Gasteiger partial charge in [-0.05, 0) is 31.4 Å². The van der Waals surface area contributed by atoms with Crippen molar-refractivity contribution in [1.29, 1.82) is 0 Å². The average Bonchev–Trinajstić information content (AvgIpc) is 3.57. The number of carboxylic acids is 1. The highest BCUT2D eigenvalue weighted by Gasteiger charge is 2.34. The van der Waals surface area contributed by atoms with Crippen molar-refractivity contribution in [2.45, 2.75) is 31.7 Å². The molecule has 8 nitrogen and oxygen atoms in total. The number of hydrogen-bond acceptors (Lipinski definition) is 5. The number of pyridine rings is 1. The first-order chi connectivity index (χ1) is 15.9. The summed E-state index contributed by atoms with van der Waals surface area (Å²) in [7, 11) is 0. The predicted molar refractivity (Wildman–Crippen MR) is 126 cm³/mol. The Kier molecular flexibility index (Phi) is 5.88. The Morgan fingerprint density at radius 3 is 2.76 bits per heavy atom. The number of carbonyl (C=O) groups excluding carboxylic acids is 1. The van der Waals surface area contributed by atoms with Crippen LogP contribution in [0.15, 0.2) is 36.9 Å². The number of nitrogens with zero attached hydrogens (tertiary/aromatic N) is 5. The second kappa shape index (κ2) is 8.83. The maximum atomic E-state index is 12.9. The summed E-state index contributed by atoms with van der Waals surface area (Å²) in [5.41, 5.74) is 1.48. The van der Waals surface area contributed by atoms with Gasteiger partial charge in [-0.1, -0.05) is 23.2 Å². The third-order valence-corrected chi connectivity index (χ3v) is 7.39. The van der Waals surface area contributed by atoms with Crippen LogP contribution in [-0.4, -0.2) is 62.1 Å². The smallest absolute Gasteiger partial charge is 0.308 e. The fraction of sp³-hybridized carbons (Fsp3) is 0.391. The average molecular weight is 488 g/mol. The normalized spacial score (nSPS) is 20.7. The van der Waals surface area contributed by atoms with Gasteiger partial charge in [0, 0.05) is 55.9 Å². The van der Waals surface area contributed by atoms with Gasteiger partial charge in [0.25, 0.3) is 0 Å². The summed E-state index contributed by atoms with van der Waals surface area (Å²) >= 11 is 12.8. The summed E-state index contributed by atoms with van der Waals surface area (Å²) in [5.74, 6) is -0.584. The zero-order valence-electron chi connectivity index (χ0n) is 17.8. The first-order valence-electron chi connectivity index (χ1n) is 11.0. The van der Waals surface area contributed by atoms with E-state index in [0.717, 1.165) is 36.3 Å². The number of carbonyl (C=O) groups is 2. The van der Waals surface area contributed by atoms with E-state index in [1.54, 1.807) is 23.5 Å². The van der Waals surface area contributed by atoms with E-state index in [4.69, 9.17) is 28.2 Å². The zero-order chi connectivity index (χ0) is 23.1. The van der Waals surface area contributed by atoms with Crippen molar-refractivity contribution < 1.29 is 14.7 Å². The fourth-order valence-electron chi connectivity index (χ4n) is 4.83. The molecule has 5 rings (SSSR count). The van der Waals surface area contributed by atoms with E-state index < -0.39 is 11.9 Å². The van der Waals surface area contributed by atoms with Gasteiger partial charge in [-0.15, -0.1) is 0 Å². The highest BCUT2D eigenvalue weighted by Crippen LogP contribution is 2.36. The predicted octanol–water partition coefficient (Wildman–Crippen LogP) is 4.02. The monoisotopic (exact) mass is 487 g/mol. The number of anilines is 1. The first-order valence-corrected chi connectivity index (χ1v) is 11.7. The highest BCUT2D eigenvalue weighted by molar-refractivity contribution is 6.45. The minimum Gasteiger partial charge on any atom is -0.481 e. The third kappa shape index (κ3) is 4.13. The Labute approximate surface area is 200 Å². The van der Waals surface area contributed by atoms with Crippen LogP contribution in [0, 0.1) is 5.92 Å². The molecule has 0 radical (unpaired) electrons. The van der Waals surface area contributed by atoms with Crippen molar-refractivity contribution in [2.75, 3.05) is 24.5 Å².